The molecule has 0 radical (unpaired) electrons. The summed E-state index contributed by atoms with van der Waals surface area (Å²) in [6.07, 6.45) is 0.260. The molecule has 0 N–H and O–H groups in total. The quantitative estimate of drug-likeness (QED) is 0.833. The van der Waals surface area contributed by atoms with E-state index >= 15 is 0 Å². The molecule has 4 rings (SSSR count). The molecule has 6 heteroatoms. The van der Waals surface area contributed by atoms with Crippen molar-refractivity contribution < 1.29 is 18.3 Å². The van der Waals surface area contributed by atoms with Crippen molar-refractivity contribution >= 4 is 11.8 Å². The first kappa shape index (κ1) is 16.0. The topological polar surface area (TPSA) is 32.8 Å². The Morgan fingerprint density at radius 1 is 1.16 bits per heavy atom. The van der Waals surface area contributed by atoms with Crippen molar-refractivity contribution in [1.82, 2.24) is 4.90 Å². The lowest BCUT2D eigenvalue weighted by Gasteiger charge is -2.32. The van der Waals surface area contributed by atoms with Gasteiger partial charge in [-0.15, -0.1) is 0 Å². The van der Waals surface area contributed by atoms with Crippen LogP contribution in [0, 0.1) is 11.6 Å². The van der Waals surface area contributed by atoms with Crippen LogP contribution in [0.25, 0.3) is 0 Å². The fraction of sp³-hybridized carbons (Fsp3) is 0.316. The van der Waals surface area contributed by atoms with E-state index in [1.165, 1.54) is 18.2 Å². The lowest BCUT2D eigenvalue weighted by Crippen LogP contribution is -2.40. The first-order chi connectivity index (χ1) is 12.1. The van der Waals surface area contributed by atoms with Gasteiger partial charge in [-0.1, -0.05) is 24.3 Å². The molecule has 0 spiro atoms. The Morgan fingerprint density at radius 2 is 2.00 bits per heavy atom. The van der Waals surface area contributed by atoms with Crippen LogP contribution in [0.1, 0.15) is 17.5 Å². The second-order valence-corrected chi connectivity index (χ2v) is 6.46. The van der Waals surface area contributed by atoms with Crippen molar-refractivity contribution in [1.29, 1.82) is 0 Å². The molecule has 130 valence electrons. The number of ether oxygens (including phenoxy) is 1. The number of nitrogens with zero attached hydrogens (tertiary/aromatic N) is 2. The van der Waals surface area contributed by atoms with E-state index in [-0.39, 0.29) is 11.9 Å². The van der Waals surface area contributed by atoms with Crippen molar-refractivity contribution in [3.8, 4) is 0 Å². The molecule has 0 aromatic heterocycles. The molecule has 2 heterocycles. The Hall–Kier alpha value is -2.47. The highest BCUT2D eigenvalue weighted by Gasteiger charge is 2.37. The van der Waals surface area contributed by atoms with Crippen LogP contribution in [0.4, 0.5) is 19.3 Å². The summed E-state index contributed by atoms with van der Waals surface area (Å²) in [5.41, 5.74) is 2.01. The second kappa shape index (κ2) is 6.44. The molecular formula is C19H18F2N2O2. The Kier molecular flexibility index (Phi) is 4.13. The minimum Gasteiger partial charge on any atom is -0.447 e. The third-order valence-corrected chi connectivity index (χ3v) is 4.79. The van der Waals surface area contributed by atoms with E-state index in [2.05, 4.69) is 4.90 Å². The van der Waals surface area contributed by atoms with E-state index in [0.717, 1.165) is 5.56 Å². The average molecular weight is 344 g/mol. The van der Waals surface area contributed by atoms with Crippen LogP contribution < -0.4 is 4.90 Å². The molecule has 2 aromatic carbocycles. The number of hydrogen-bond donors (Lipinski definition) is 0. The molecule has 0 unspecified atom stereocenters. The summed E-state index contributed by atoms with van der Waals surface area (Å²) in [6, 6.07) is 11.0. The predicted molar refractivity (Wildman–Crippen MR) is 89.1 cm³/mol. The number of halogens is 2. The molecule has 1 atom stereocenters. The van der Waals surface area contributed by atoms with Crippen LogP contribution in [0.5, 0.6) is 0 Å². The van der Waals surface area contributed by atoms with E-state index in [9.17, 15) is 13.6 Å². The van der Waals surface area contributed by atoms with Crippen molar-refractivity contribution in [2.75, 3.05) is 18.1 Å². The number of anilines is 1. The molecule has 0 aliphatic carbocycles. The summed E-state index contributed by atoms with van der Waals surface area (Å²) in [5.74, 6) is -0.622. The molecule has 0 bridgehead atoms. The van der Waals surface area contributed by atoms with Crippen molar-refractivity contribution in [3.63, 3.8) is 0 Å². The highest BCUT2D eigenvalue weighted by Crippen LogP contribution is 2.32. The lowest BCUT2D eigenvalue weighted by atomic mass is 10.0. The summed E-state index contributed by atoms with van der Waals surface area (Å²) in [5, 5.41) is 0. The summed E-state index contributed by atoms with van der Waals surface area (Å²) in [7, 11) is 0. The number of cyclic esters (lactones) is 1. The zero-order chi connectivity index (χ0) is 17.4. The van der Waals surface area contributed by atoms with Crippen LogP contribution in [0.15, 0.2) is 42.5 Å². The van der Waals surface area contributed by atoms with Gasteiger partial charge in [0.2, 0.25) is 0 Å². The number of amides is 1. The average Bonchev–Trinajstić information content (AvgIpc) is 2.94. The number of rotatable bonds is 2. The van der Waals surface area contributed by atoms with E-state index in [1.807, 2.05) is 6.07 Å². The SMILES string of the molecule is O=C1OC[C@@H]2CCN(Cc3ccccc3F)Cc3ccc(F)cc3N12. The molecule has 25 heavy (non-hydrogen) atoms. The second-order valence-electron chi connectivity index (χ2n) is 6.46. The standard InChI is InChI=1S/C19H18F2N2O2/c20-15-6-5-14-11-22(10-13-3-1-2-4-17(13)21)8-7-16-12-25-19(24)23(16)18(14)9-15/h1-6,9,16H,7-8,10-12H2/t16-/m0/s1. The van der Waals surface area contributed by atoms with E-state index < -0.39 is 11.9 Å². The third-order valence-electron chi connectivity index (χ3n) is 4.79. The van der Waals surface area contributed by atoms with Crippen molar-refractivity contribution in [3.05, 3.63) is 65.2 Å². The van der Waals surface area contributed by atoms with Gasteiger partial charge in [-0.25, -0.2) is 13.6 Å². The monoisotopic (exact) mass is 344 g/mol. The number of fused-ring (bicyclic) bond motifs is 3. The number of carbonyl (C=O) groups excluding carboxylic acids is 1. The molecule has 1 saturated heterocycles. The summed E-state index contributed by atoms with van der Waals surface area (Å²) >= 11 is 0. The Labute approximate surface area is 144 Å². The van der Waals surface area contributed by atoms with Crippen LogP contribution in [0.2, 0.25) is 0 Å². The van der Waals surface area contributed by atoms with Crippen molar-refractivity contribution in [2.24, 2.45) is 0 Å². The van der Waals surface area contributed by atoms with Gasteiger partial charge in [-0.3, -0.25) is 9.80 Å². The molecule has 0 saturated carbocycles. The van der Waals surface area contributed by atoms with Crippen molar-refractivity contribution in [2.45, 2.75) is 25.6 Å². The molecule has 1 fully saturated rings. The van der Waals surface area contributed by atoms with E-state index in [0.29, 0.717) is 43.9 Å². The Morgan fingerprint density at radius 3 is 2.84 bits per heavy atom. The third kappa shape index (κ3) is 3.09. The highest BCUT2D eigenvalue weighted by molar-refractivity contribution is 5.91. The zero-order valence-corrected chi connectivity index (χ0v) is 13.6. The summed E-state index contributed by atoms with van der Waals surface area (Å²) in [6.45, 7) is 1.97. The highest BCUT2D eigenvalue weighted by atomic mass is 19.1. The zero-order valence-electron chi connectivity index (χ0n) is 13.6. The van der Waals surface area contributed by atoms with Crippen LogP contribution in [-0.4, -0.2) is 30.2 Å². The maximum atomic E-state index is 14.0. The van der Waals surface area contributed by atoms with Gasteiger partial charge in [0.05, 0.1) is 11.7 Å². The maximum absolute atomic E-state index is 14.0. The molecule has 2 aliphatic rings. The molecule has 2 aromatic rings. The van der Waals surface area contributed by atoms with Gasteiger partial charge in [0.15, 0.2) is 0 Å². The summed E-state index contributed by atoms with van der Waals surface area (Å²) < 4.78 is 32.9. The number of benzene rings is 2. The Balaban J connectivity index is 1.67. The van der Waals surface area contributed by atoms with Gasteiger partial charge in [-0.2, -0.15) is 0 Å². The fourth-order valence-corrected chi connectivity index (χ4v) is 3.52. The number of carbonyl (C=O) groups is 1. The van der Waals surface area contributed by atoms with Crippen LogP contribution in [0.3, 0.4) is 0 Å². The van der Waals surface area contributed by atoms with Gasteiger partial charge in [0, 0.05) is 25.2 Å². The molecular weight excluding hydrogens is 326 g/mol. The first-order valence-electron chi connectivity index (χ1n) is 8.32. The van der Waals surface area contributed by atoms with Gasteiger partial charge in [0.25, 0.3) is 0 Å². The largest absolute Gasteiger partial charge is 0.447 e. The fourth-order valence-electron chi connectivity index (χ4n) is 3.52. The van der Waals surface area contributed by atoms with Gasteiger partial charge < -0.3 is 4.74 Å². The van der Waals surface area contributed by atoms with E-state index in [1.54, 1.807) is 23.1 Å². The smallest absolute Gasteiger partial charge is 0.414 e. The molecule has 2 aliphatic heterocycles. The van der Waals surface area contributed by atoms with Crippen LogP contribution in [-0.2, 0) is 17.8 Å². The van der Waals surface area contributed by atoms with Crippen LogP contribution >= 0.6 is 0 Å². The minimum atomic E-state index is -0.431. The lowest BCUT2D eigenvalue weighted by molar-refractivity contribution is 0.177. The van der Waals surface area contributed by atoms with Gasteiger partial charge >= 0.3 is 6.09 Å². The summed E-state index contributed by atoms with van der Waals surface area (Å²) in [4.78, 5) is 15.8. The first-order valence-corrected chi connectivity index (χ1v) is 8.32. The normalized spacial score (nSPS) is 20.5. The minimum absolute atomic E-state index is 0.128. The number of hydrogen-bond acceptors (Lipinski definition) is 3. The van der Waals surface area contributed by atoms with Gasteiger partial charge in [0.1, 0.15) is 18.2 Å². The predicted octanol–water partition coefficient (Wildman–Crippen LogP) is 3.70. The van der Waals surface area contributed by atoms with Gasteiger partial charge in [-0.05, 0) is 30.2 Å². The maximum Gasteiger partial charge on any atom is 0.414 e. The molecule has 4 nitrogen and oxygen atoms in total. The molecule has 1 amide bonds. The van der Waals surface area contributed by atoms with E-state index in [4.69, 9.17) is 4.74 Å². The Bertz CT molecular complexity index is 812.